The van der Waals surface area contributed by atoms with Crippen LogP contribution in [0, 0.1) is 0 Å². The second kappa shape index (κ2) is 6.87. The molecule has 1 aromatic carbocycles. The van der Waals surface area contributed by atoms with Gasteiger partial charge < -0.3 is 9.26 Å². The van der Waals surface area contributed by atoms with E-state index in [0.717, 1.165) is 5.56 Å². The molecule has 1 aliphatic heterocycles. The van der Waals surface area contributed by atoms with E-state index in [0.29, 0.717) is 6.42 Å². The molecule has 0 amide bonds. The smallest absolute Gasteiger partial charge is 0.460 e. The zero-order valence-electron chi connectivity index (χ0n) is 13.5. The van der Waals surface area contributed by atoms with Crippen molar-refractivity contribution >= 4 is 13.8 Å². The fourth-order valence-electron chi connectivity index (χ4n) is 2.27. The van der Waals surface area contributed by atoms with Gasteiger partial charge in [0.05, 0.1) is 18.3 Å². The van der Waals surface area contributed by atoms with Crippen molar-refractivity contribution in [2.45, 2.75) is 38.9 Å². The molecular formula is C16H21O6P. The summed E-state index contributed by atoms with van der Waals surface area (Å²) in [7, 11) is -3.99. The Labute approximate surface area is 136 Å². The van der Waals surface area contributed by atoms with Gasteiger partial charge in [-0.1, -0.05) is 30.3 Å². The molecule has 6 nitrogen and oxygen atoms in total. The molecule has 7 heteroatoms. The topological polar surface area (TPSA) is 71.1 Å². The zero-order chi connectivity index (χ0) is 17.1. The van der Waals surface area contributed by atoms with E-state index in [1.54, 1.807) is 20.8 Å². The van der Waals surface area contributed by atoms with Crippen LogP contribution in [-0.4, -0.2) is 18.2 Å². The Morgan fingerprint density at radius 3 is 2.65 bits per heavy atom. The number of esters is 1. The molecule has 0 unspecified atom stereocenters. The van der Waals surface area contributed by atoms with E-state index in [4.69, 9.17) is 18.3 Å². The Hall–Kier alpha value is -1.62. The molecule has 1 aromatic rings. The van der Waals surface area contributed by atoms with E-state index in [1.807, 2.05) is 30.3 Å². The van der Waals surface area contributed by atoms with Crippen molar-refractivity contribution in [2.24, 2.45) is 0 Å². The van der Waals surface area contributed by atoms with Gasteiger partial charge in [-0.2, -0.15) is 0 Å². The third-order valence-electron chi connectivity index (χ3n) is 3.19. The Balaban J connectivity index is 2.19. The lowest BCUT2D eigenvalue weighted by Crippen LogP contribution is -2.32. The highest BCUT2D eigenvalue weighted by molar-refractivity contribution is 7.48. The van der Waals surface area contributed by atoms with Crippen molar-refractivity contribution < 1.29 is 27.7 Å². The summed E-state index contributed by atoms with van der Waals surface area (Å²) in [4.78, 5) is 11.6. The maximum atomic E-state index is 12.8. The molecule has 1 saturated heterocycles. The monoisotopic (exact) mass is 340 g/mol. The van der Waals surface area contributed by atoms with E-state index in [9.17, 15) is 9.36 Å². The number of rotatable bonds is 5. The largest absolute Gasteiger partial charge is 0.531 e. The quantitative estimate of drug-likeness (QED) is 0.347. The van der Waals surface area contributed by atoms with Crippen LogP contribution in [0.25, 0.3) is 0 Å². The van der Waals surface area contributed by atoms with Crippen LogP contribution in [0.4, 0.5) is 0 Å². The van der Waals surface area contributed by atoms with Crippen molar-refractivity contribution in [3.8, 4) is 0 Å². The van der Waals surface area contributed by atoms with Gasteiger partial charge >= 0.3 is 13.8 Å². The molecule has 126 valence electrons. The minimum Gasteiger partial charge on any atom is -0.460 e. The van der Waals surface area contributed by atoms with Crippen LogP contribution >= 0.6 is 7.82 Å². The highest BCUT2D eigenvalue weighted by Gasteiger charge is 2.47. The summed E-state index contributed by atoms with van der Waals surface area (Å²) in [6.45, 7) is 8.81. The van der Waals surface area contributed by atoms with Gasteiger partial charge in [0.25, 0.3) is 0 Å². The molecular weight excluding hydrogens is 319 g/mol. The first kappa shape index (κ1) is 17.7. The molecule has 1 aliphatic rings. The molecule has 1 heterocycles. The molecule has 2 rings (SSSR count). The number of phosphoric ester groups is 1. The van der Waals surface area contributed by atoms with Gasteiger partial charge in [0.15, 0.2) is 0 Å². The number of benzene rings is 1. The number of hydrogen-bond acceptors (Lipinski definition) is 6. The fraction of sp³-hybridized carbons (Fsp3) is 0.438. The summed E-state index contributed by atoms with van der Waals surface area (Å²) >= 11 is 0. The molecule has 0 radical (unpaired) electrons. The van der Waals surface area contributed by atoms with Crippen molar-refractivity contribution in [1.82, 2.24) is 0 Å². The molecule has 0 N–H and O–H groups in total. The van der Waals surface area contributed by atoms with Crippen LogP contribution < -0.4 is 0 Å². The van der Waals surface area contributed by atoms with E-state index in [1.165, 1.54) is 0 Å². The number of ether oxygens (including phenoxy) is 1. The van der Waals surface area contributed by atoms with Gasteiger partial charge in [-0.3, -0.25) is 9.05 Å². The van der Waals surface area contributed by atoms with Crippen molar-refractivity contribution in [3.05, 3.63) is 48.2 Å². The molecule has 0 aromatic heterocycles. The lowest BCUT2D eigenvalue weighted by Gasteiger charge is -2.38. The summed E-state index contributed by atoms with van der Waals surface area (Å²) in [5.74, 6) is -1.20. The van der Waals surface area contributed by atoms with Gasteiger partial charge in [0.2, 0.25) is 5.76 Å². The first-order valence-electron chi connectivity index (χ1n) is 7.34. The average molecular weight is 340 g/mol. The minimum atomic E-state index is -3.99. The summed E-state index contributed by atoms with van der Waals surface area (Å²) in [6, 6.07) is 9.36. The van der Waals surface area contributed by atoms with Crippen LogP contribution in [0.2, 0.25) is 0 Å². The lowest BCUT2D eigenvalue weighted by molar-refractivity contribution is -0.142. The zero-order valence-corrected chi connectivity index (χ0v) is 14.4. The molecule has 23 heavy (non-hydrogen) atoms. The van der Waals surface area contributed by atoms with E-state index in [-0.39, 0.29) is 6.61 Å². The molecule has 0 saturated carbocycles. The van der Waals surface area contributed by atoms with E-state index >= 15 is 0 Å². The molecule has 1 fully saturated rings. The van der Waals surface area contributed by atoms with Crippen molar-refractivity contribution in [1.29, 1.82) is 0 Å². The molecule has 2 atom stereocenters. The van der Waals surface area contributed by atoms with Crippen LogP contribution in [0.3, 0.4) is 0 Å². The highest BCUT2D eigenvalue weighted by atomic mass is 31.2. The predicted molar refractivity (Wildman–Crippen MR) is 84.5 cm³/mol. The van der Waals surface area contributed by atoms with Gasteiger partial charge in [0.1, 0.15) is 0 Å². The number of carbonyl (C=O) groups excluding carboxylic acids is 1. The Morgan fingerprint density at radius 1 is 1.39 bits per heavy atom. The molecule has 0 spiro atoms. The van der Waals surface area contributed by atoms with Crippen LogP contribution in [0.1, 0.15) is 38.9 Å². The van der Waals surface area contributed by atoms with Gasteiger partial charge in [-0.05, 0) is 32.9 Å². The van der Waals surface area contributed by atoms with Crippen LogP contribution in [0.15, 0.2) is 42.7 Å². The van der Waals surface area contributed by atoms with E-state index in [2.05, 4.69) is 6.58 Å². The van der Waals surface area contributed by atoms with Crippen LogP contribution in [-0.2, 0) is 27.7 Å². The third kappa shape index (κ3) is 4.67. The summed E-state index contributed by atoms with van der Waals surface area (Å²) in [5, 5.41) is 0. The Kier molecular flexibility index (Phi) is 5.30. The normalized spacial score (nSPS) is 26.3. The van der Waals surface area contributed by atoms with Crippen LogP contribution in [0.5, 0.6) is 0 Å². The highest BCUT2D eigenvalue weighted by Crippen LogP contribution is 2.62. The number of hydrogen-bond donors (Lipinski definition) is 0. The summed E-state index contributed by atoms with van der Waals surface area (Å²) < 4.78 is 33.7. The first-order chi connectivity index (χ1) is 10.7. The van der Waals surface area contributed by atoms with Crippen molar-refractivity contribution in [2.75, 3.05) is 6.61 Å². The Morgan fingerprint density at radius 2 is 2.04 bits per heavy atom. The first-order valence-corrected chi connectivity index (χ1v) is 8.80. The lowest BCUT2D eigenvalue weighted by atomic mass is 9.96. The van der Waals surface area contributed by atoms with Gasteiger partial charge in [-0.25, -0.2) is 9.36 Å². The SMILES string of the molecule is C=C(O[P@@]1(=O)O[C@H](c2ccccc2)CC(C)(C)O1)C(=O)OCC. The predicted octanol–water partition coefficient (Wildman–Crippen LogP) is 4.14. The summed E-state index contributed by atoms with van der Waals surface area (Å²) in [5.41, 5.74) is 0.109. The van der Waals surface area contributed by atoms with Crippen molar-refractivity contribution in [3.63, 3.8) is 0 Å². The fourth-order valence-corrected chi connectivity index (χ4v) is 3.93. The van der Waals surface area contributed by atoms with Gasteiger partial charge in [0, 0.05) is 6.42 Å². The molecule has 0 bridgehead atoms. The maximum absolute atomic E-state index is 12.8. The van der Waals surface area contributed by atoms with Gasteiger partial charge in [-0.15, -0.1) is 0 Å². The Bertz CT molecular complexity index is 625. The molecule has 0 aliphatic carbocycles. The second-order valence-corrected chi connectivity index (χ2v) is 7.21. The number of phosphoric acid groups is 1. The average Bonchev–Trinajstić information content (AvgIpc) is 2.46. The van der Waals surface area contributed by atoms with E-state index < -0.39 is 31.3 Å². The minimum absolute atomic E-state index is 0.158. The standard InChI is InChI=1S/C16H21O6P/c1-5-19-15(17)12(2)20-23(18)21-14(11-16(3,4)22-23)13-9-7-6-8-10-13/h6-10,14H,2,5,11H2,1,3-4H3/t14-,23-/m0/s1. The summed E-state index contributed by atoms with van der Waals surface area (Å²) in [6.07, 6.45) is 0.0248. The second-order valence-electron chi connectivity index (χ2n) is 5.74. The number of carbonyl (C=O) groups is 1. The maximum Gasteiger partial charge on any atom is 0.531 e. The third-order valence-corrected chi connectivity index (χ3v) is 4.86.